The Bertz CT molecular complexity index is 856. The number of para-hydroxylation sites is 1. The van der Waals surface area contributed by atoms with E-state index in [1.54, 1.807) is 0 Å². The summed E-state index contributed by atoms with van der Waals surface area (Å²) in [4.78, 5) is 17.5. The fourth-order valence-electron chi connectivity index (χ4n) is 3.55. The lowest BCUT2D eigenvalue weighted by atomic mass is 10.0. The second-order valence-electron chi connectivity index (χ2n) is 6.29. The minimum atomic E-state index is -0.226. The number of amides is 1. The first-order valence-electron chi connectivity index (χ1n) is 8.29. The molecule has 4 nitrogen and oxygen atoms in total. The molecule has 4 heteroatoms. The number of nitrogens with zero attached hydrogens (tertiary/aromatic N) is 1. The second kappa shape index (κ2) is 6.04. The van der Waals surface area contributed by atoms with Crippen molar-refractivity contribution in [2.24, 2.45) is 0 Å². The summed E-state index contributed by atoms with van der Waals surface area (Å²) in [5, 5.41) is 1.21. The fourth-order valence-corrected chi connectivity index (χ4v) is 3.55. The average molecular weight is 320 g/mol. The van der Waals surface area contributed by atoms with Crippen LogP contribution < -0.4 is 0 Å². The summed E-state index contributed by atoms with van der Waals surface area (Å²) in [5.74, 6) is 0. The molecule has 1 fully saturated rings. The monoisotopic (exact) mass is 320 g/mol. The molecular formula is C20H20N2O2. The molecule has 1 amide bonds. The van der Waals surface area contributed by atoms with Crippen molar-refractivity contribution in [3.8, 4) is 0 Å². The third-order valence-electron chi connectivity index (χ3n) is 4.83. The van der Waals surface area contributed by atoms with Crippen molar-refractivity contribution >= 4 is 17.0 Å². The quantitative estimate of drug-likeness (QED) is 0.779. The molecule has 0 aliphatic carbocycles. The van der Waals surface area contributed by atoms with Crippen molar-refractivity contribution in [3.05, 3.63) is 71.9 Å². The number of hydrogen-bond donors (Lipinski definition) is 1. The van der Waals surface area contributed by atoms with Gasteiger partial charge < -0.3 is 9.72 Å². The number of carbonyl (C=O) groups is 1. The highest BCUT2D eigenvalue weighted by Crippen LogP contribution is 2.30. The van der Waals surface area contributed by atoms with E-state index in [0.717, 1.165) is 17.5 Å². The molecule has 0 spiro atoms. The minimum absolute atomic E-state index is 0.00333. The Hall–Kier alpha value is -2.75. The van der Waals surface area contributed by atoms with Crippen molar-refractivity contribution in [3.63, 3.8) is 0 Å². The summed E-state index contributed by atoms with van der Waals surface area (Å²) in [6.07, 6.45) is 2.60. The molecule has 2 heterocycles. The number of carbonyl (C=O) groups excluding carboxylic acids is 1. The maximum atomic E-state index is 12.3. The molecule has 24 heavy (non-hydrogen) atoms. The van der Waals surface area contributed by atoms with Crippen LogP contribution in [0.1, 0.15) is 24.1 Å². The lowest BCUT2D eigenvalue weighted by Gasteiger charge is -2.28. The highest BCUT2D eigenvalue weighted by Gasteiger charge is 2.37. The standard InChI is InChI=1S/C20H20N2O2/c1-14(15-7-3-2-4-8-15)22-17(13-24-20(22)23)11-16-12-21-19-10-6-5-9-18(16)19/h2-10,12,14,17,21H,11,13H2,1H3/t14-,17-/m0/s1. The summed E-state index contributed by atoms with van der Waals surface area (Å²) in [6.45, 7) is 2.50. The molecule has 1 saturated heterocycles. The van der Waals surface area contributed by atoms with Crippen molar-refractivity contribution in [1.29, 1.82) is 0 Å². The maximum Gasteiger partial charge on any atom is 0.410 e. The van der Waals surface area contributed by atoms with Gasteiger partial charge in [-0.05, 0) is 30.5 Å². The molecule has 0 bridgehead atoms. The van der Waals surface area contributed by atoms with E-state index < -0.39 is 0 Å². The third kappa shape index (κ3) is 2.54. The predicted octanol–water partition coefficient (Wildman–Crippen LogP) is 4.29. The van der Waals surface area contributed by atoms with Crippen molar-refractivity contribution in [2.45, 2.75) is 25.4 Å². The molecule has 2 aromatic carbocycles. The highest BCUT2D eigenvalue weighted by atomic mass is 16.6. The third-order valence-corrected chi connectivity index (χ3v) is 4.83. The Morgan fingerprint density at radius 1 is 1.17 bits per heavy atom. The lowest BCUT2D eigenvalue weighted by molar-refractivity contribution is 0.147. The van der Waals surface area contributed by atoms with Crippen LogP contribution in [0.2, 0.25) is 0 Å². The van der Waals surface area contributed by atoms with E-state index in [1.807, 2.05) is 41.4 Å². The Kier molecular flexibility index (Phi) is 3.73. The van der Waals surface area contributed by atoms with Gasteiger partial charge in [0.15, 0.2) is 0 Å². The van der Waals surface area contributed by atoms with Crippen LogP contribution in [0, 0.1) is 0 Å². The van der Waals surface area contributed by atoms with E-state index in [9.17, 15) is 4.79 Å². The number of ether oxygens (including phenoxy) is 1. The molecule has 3 aromatic rings. The van der Waals surface area contributed by atoms with Gasteiger partial charge in [0.25, 0.3) is 0 Å². The van der Waals surface area contributed by atoms with Gasteiger partial charge in [-0.25, -0.2) is 4.79 Å². The molecule has 1 aliphatic rings. The zero-order chi connectivity index (χ0) is 16.5. The Balaban J connectivity index is 1.61. The van der Waals surface area contributed by atoms with Crippen molar-refractivity contribution in [2.75, 3.05) is 6.61 Å². The number of rotatable bonds is 4. The minimum Gasteiger partial charge on any atom is -0.447 e. The molecule has 2 atom stereocenters. The maximum absolute atomic E-state index is 12.3. The van der Waals surface area contributed by atoms with Crippen LogP contribution in [0.5, 0.6) is 0 Å². The molecule has 4 rings (SSSR count). The van der Waals surface area contributed by atoms with Gasteiger partial charge in [-0.15, -0.1) is 0 Å². The predicted molar refractivity (Wildman–Crippen MR) is 93.8 cm³/mol. The average Bonchev–Trinajstić information content (AvgIpc) is 3.19. The molecule has 1 aliphatic heterocycles. The first-order chi connectivity index (χ1) is 11.7. The van der Waals surface area contributed by atoms with Gasteiger partial charge in [0.05, 0.1) is 12.1 Å². The Labute approximate surface area is 141 Å². The van der Waals surface area contributed by atoms with Crippen molar-refractivity contribution in [1.82, 2.24) is 9.88 Å². The summed E-state index contributed by atoms with van der Waals surface area (Å²) < 4.78 is 5.36. The summed E-state index contributed by atoms with van der Waals surface area (Å²) in [5.41, 5.74) is 3.47. The topological polar surface area (TPSA) is 45.3 Å². The number of benzene rings is 2. The van der Waals surface area contributed by atoms with Crippen molar-refractivity contribution < 1.29 is 9.53 Å². The first-order valence-corrected chi connectivity index (χ1v) is 8.29. The SMILES string of the molecule is C[C@@H](c1ccccc1)N1C(=O)OC[C@@H]1Cc1c[nH]c2ccccc12. The number of H-pyrrole nitrogens is 1. The smallest absolute Gasteiger partial charge is 0.410 e. The highest BCUT2D eigenvalue weighted by molar-refractivity contribution is 5.83. The van der Waals surface area contributed by atoms with E-state index in [1.165, 1.54) is 10.9 Å². The molecular weight excluding hydrogens is 300 g/mol. The molecule has 1 aromatic heterocycles. The van der Waals surface area contributed by atoms with Crippen LogP contribution in [0.15, 0.2) is 60.8 Å². The van der Waals surface area contributed by atoms with Crippen LogP contribution in [-0.4, -0.2) is 28.6 Å². The molecule has 0 radical (unpaired) electrons. The zero-order valence-electron chi connectivity index (χ0n) is 13.6. The molecule has 0 saturated carbocycles. The van der Waals surface area contributed by atoms with E-state index in [0.29, 0.717) is 6.61 Å². The van der Waals surface area contributed by atoms with Crippen LogP contribution in [0.3, 0.4) is 0 Å². The first kappa shape index (κ1) is 14.8. The number of aromatic nitrogens is 1. The summed E-state index contributed by atoms with van der Waals surface area (Å²) in [7, 11) is 0. The second-order valence-corrected chi connectivity index (χ2v) is 6.29. The number of fused-ring (bicyclic) bond motifs is 1. The summed E-state index contributed by atoms with van der Waals surface area (Å²) in [6, 6.07) is 18.4. The largest absolute Gasteiger partial charge is 0.447 e. The van der Waals surface area contributed by atoms with Crippen LogP contribution in [0.4, 0.5) is 4.79 Å². The van der Waals surface area contributed by atoms with Gasteiger partial charge in [-0.2, -0.15) is 0 Å². The van der Waals surface area contributed by atoms with Gasteiger partial charge in [0.2, 0.25) is 0 Å². The van der Waals surface area contributed by atoms with Crippen LogP contribution >= 0.6 is 0 Å². The summed E-state index contributed by atoms with van der Waals surface area (Å²) >= 11 is 0. The number of hydrogen-bond acceptors (Lipinski definition) is 2. The van der Waals surface area contributed by atoms with Gasteiger partial charge in [-0.1, -0.05) is 48.5 Å². The fraction of sp³-hybridized carbons (Fsp3) is 0.250. The lowest BCUT2D eigenvalue weighted by Crippen LogP contribution is -2.37. The van der Waals surface area contributed by atoms with Gasteiger partial charge in [0, 0.05) is 17.1 Å². The normalized spacial score (nSPS) is 18.8. The number of cyclic esters (lactones) is 1. The molecule has 122 valence electrons. The number of nitrogens with one attached hydrogen (secondary N) is 1. The molecule has 0 unspecified atom stereocenters. The van der Waals surface area contributed by atoms with E-state index >= 15 is 0 Å². The number of aromatic amines is 1. The van der Waals surface area contributed by atoms with E-state index in [4.69, 9.17) is 4.74 Å². The van der Waals surface area contributed by atoms with E-state index in [-0.39, 0.29) is 18.2 Å². The Morgan fingerprint density at radius 3 is 2.75 bits per heavy atom. The van der Waals surface area contributed by atoms with Crippen LogP contribution in [0.25, 0.3) is 10.9 Å². The van der Waals surface area contributed by atoms with E-state index in [2.05, 4.69) is 36.2 Å². The van der Waals surface area contributed by atoms with Gasteiger partial charge in [0.1, 0.15) is 6.61 Å². The Morgan fingerprint density at radius 2 is 1.92 bits per heavy atom. The molecule has 1 N–H and O–H groups in total. The van der Waals surface area contributed by atoms with Gasteiger partial charge >= 0.3 is 6.09 Å². The zero-order valence-corrected chi connectivity index (χ0v) is 13.6. The van der Waals surface area contributed by atoms with Gasteiger partial charge in [-0.3, -0.25) is 4.90 Å². The van der Waals surface area contributed by atoms with Crippen LogP contribution in [-0.2, 0) is 11.2 Å².